The van der Waals surface area contributed by atoms with E-state index >= 15 is 0 Å². The van der Waals surface area contributed by atoms with Gasteiger partial charge in [-0.25, -0.2) is 0 Å². The standard InChI is InChI=1S/C17H21NO/c1-14-6-3-8-16(12-14)18-10-5-11-19-17-9-4-7-15(2)13-17/h3-4,6-9,12-13,18H,5,10-11H2,1-2H3. The number of benzene rings is 2. The second kappa shape index (κ2) is 6.83. The van der Waals surface area contributed by atoms with Gasteiger partial charge in [0.2, 0.25) is 0 Å². The first-order valence-electron chi connectivity index (χ1n) is 6.74. The summed E-state index contributed by atoms with van der Waals surface area (Å²) in [6.07, 6.45) is 0.988. The quantitative estimate of drug-likeness (QED) is 0.782. The van der Waals surface area contributed by atoms with Gasteiger partial charge in [0.1, 0.15) is 5.75 Å². The Morgan fingerprint density at radius 2 is 1.68 bits per heavy atom. The van der Waals surface area contributed by atoms with Gasteiger partial charge in [0.15, 0.2) is 0 Å². The Balaban J connectivity index is 1.67. The number of aryl methyl sites for hydroxylation is 2. The molecule has 0 aromatic heterocycles. The largest absolute Gasteiger partial charge is 0.494 e. The summed E-state index contributed by atoms with van der Waals surface area (Å²) in [5.74, 6) is 0.954. The molecule has 0 amide bonds. The molecule has 0 spiro atoms. The number of nitrogens with one attached hydrogen (secondary N) is 1. The van der Waals surface area contributed by atoms with Crippen LogP contribution in [0.4, 0.5) is 5.69 Å². The first-order valence-corrected chi connectivity index (χ1v) is 6.74. The third kappa shape index (κ3) is 4.66. The van der Waals surface area contributed by atoms with E-state index in [2.05, 4.69) is 55.6 Å². The summed E-state index contributed by atoms with van der Waals surface area (Å²) in [4.78, 5) is 0. The summed E-state index contributed by atoms with van der Waals surface area (Å²) in [6.45, 7) is 5.84. The molecule has 2 aromatic rings. The molecule has 0 saturated heterocycles. The molecule has 2 aromatic carbocycles. The number of hydrogen-bond acceptors (Lipinski definition) is 2. The fraction of sp³-hybridized carbons (Fsp3) is 0.294. The lowest BCUT2D eigenvalue weighted by Crippen LogP contribution is -2.07. The van der Waals surface area contributed by atoms with Crippen LogP contribution in [-0.2, 0) is 0 Å². The van der Waals surface area contributed by atoms with Crippen LogP contribution in [0, 0.1) is 13.8 Å². The molecular formula is C17H21NO. The Labute approximate surface area is 115 Å². The number of hydrogen-bond donors (Lipinski definition) is 1. The highest BCUT2D eigenvalue weighted by Crippen LogP contribution is 2.13. The Morgan fingerprint density at radius 3 is 2.42 bits per heavy atom. The predicted octanol–water partition coefficient (Wildman–Crippen LogP) is 4.18. The third-order valence-electron chi connectivity index (χ3n) is 2.93. The molecule has 2 heteroatoms. The van der Waals surface area contributed by atoms with Gasteiger partial charge in [0, 0.05) is 12.2 Å². The highest BCUT2D eigenvalue weighted by atomic mass is 16.5. The zero-order valence-electron chi connectivity index (χ0n) is 11.6. The topological polar surface area (TPSA) is 21.3 Å². The average Bonchev–Trinajstić information content (AvgIpc) is 2.38. The Bertz CT molecular complexity index is 475. The minimum atomic E-state index is 0.738. The molecule has 0 radical (unpaired) electrons. The van der Waals surface area contributed by atoms with Crippen LogP contribution in [0.1, 0.15) is 17.5 Å². The summed E-state index contributed by atoms with van der Waals surface area (Å²) in [6, 6.07) is 16.6. The summed E-state index contributed by atoms with van der Waals surface area (Å²) in [5, 5.41) is 3.40. The zero-order valence-corrected chi connectivity index (χ0v) is 11.6. The van der Waals surface area contributed by atoms with Crippen molar-refractivity contribution in [2.75, 3.05) is 18.5 Å². The SMILES string of the molecule is Cc1cccc(NCCCOc2cccc(C)c2)c1. The molecule has 0 heterocycles. The first-order chi connectivity index (χ1) is 9.24. The van der Waals surface area contributed by atoms with Crippen molar-refractivity contribution in [1.82, 2.24) is 0 Å². The fourth-order valence-corrected chi connectivity index (χ4v) is 1.96. The van der Waals surface area contributed by atoms with E-state index in [-0.39, 0.29) is 0 Å². The van der Waals surface area contributed by atoms with Crippen LogP contribution in [0.3, 0.4) is 0 Å². The van der Waals surface area contributed by atoms with Crippen LogP contribution in [0.2, 0.25) is 0 Å². The van der Waals surface area contributed by atoms with Crippen molar-refractivity contribution >= 4 is 5.69 Å². The molecule has 0 aliphatic rings. The lowest BCUT2D eigenvalue weighted by molar-refractivity contribution is 0.315. The maximum absolute atomic E-state index is 5.71. The van der Waals surface area contributed by atoms with Crippen molar-refractivity contribution in [2.24, 2.45) is 0 Å². The van der Waals surface area contributed by atoms with Crippen LogP contribution < -0.4 is 10.1 Å². The van der Waals surface area contributed by atoms with Gasteiger partial charge in [-0.05, 0) is 55.7 Å². The van der Waals surface area contributed by atoms with Gasteiger partial charge < -0.3 is 10.1 Å². The molecule has 0 aliphatic carbocycles. The van der Waals surface area contributed by atoms with Crippen LogP contribution >= 0.6 is 0 Å². The minimum absolute atomic E-state index is 0.738. The lowest BCUT2D eigenvalue weighted by atomic mass is 10.2. The van der Waals surface area contributed by atoms with Crippen molar-refractivity contribution < 1.29 is 4.74 Å². The van der Waals surface area contributed by atoms with Crippen molar-refractivity contribution in [1.29, 1.82) is 0 Å². The second-order valence-electron chi connectivity index (χ2n) is 4.81. The van der Waals surface area contributed by atoms with E-state index in [4.69, 9.17) is 4.74 Å². The molecule has 0 saturated carbocycles. The number of ether oxygens (including phenoxy) is 1. The minimum Gasteiger partial charge on any atom is -0.494 e. The molecular weight excluding hydrogens is 234 g/mol. The summed E-state index contributed by atoms with van der Waals surface area (Å²) in [5.41, 5.74) is 3.69. The molecule has 0 atom stereocenters. The molecule has 0 bridgehead atoms. The zero-order chi connectivity index (χ0) is 13.5. The molecule has 2 rings (SSSR count). The monoisotopic (exact) mass is 255 g/mol. The number of anilines is 1. The molecule has 0 unspecified atom stereocenters. The molecule has 19 heavy (non-hydrogen) atoms. The van der Waals surface area contributed by atoms with Crippen molar-refractivity contribution in [2.45, 2.75) is 20.3 Å². The van der Waals surface area contributed by atoms with Crippen LogP contribution in [-0.4, -0.2) is 13.2 Å². The van der Waals surface area contributed by atoms with E-state index in [0.717, 1.165) is 25.3 Å². The molecule has 2 nitrogen and oxygen atoms in total. The van der Waals surface area contributed by atoms with Crippen LogP contribution in [0.5, 0.6) is 5.75 Å². The lowest BCUT2D eigenvalue weighted by Gasteiger charge is -2.09. The summed E-state index contributed by atoms with van der Waals surface area (Å²) in [7, 11) is 0. The van der Waals surface area contributed by atoms with E-state index in [1.165, 1.54) is 16.8 Å². The summed E-state index contributed by atoms with van der Waals surface area (Å²) < 4.78 is 5.71. The fourth-order valence-electron chi connectivity index (χ4n) is 1.96. The van der Waals surface area contributed by atoms with E-state index in [1.807, 2.05) is 12.1 Å². The van der Waals surface area contributed by atoms with Gasteiger partial charge >= 0.3 is 0 Å². The van der Waals surface area contributed by atoms with Crippen LogP contribution in [0.15, 0.2) is 48.5 Å². The third-order valence-corrected chi connectivity index (χ3v) is 2.93. The maximum atomic E-state index is 5.71. The van der Waals surface area contributed by atoms with Gasteiger partial charge in [-0.2, -0.15) is 0 Å². The Hall–Kier alpha value is -1.96. The molecule has 0 aliphatic heterocycles. The number of rotatable bonds is 6. The Kier molecular flexibility index (Phi) is 4.85. The van der Waals surface area contributed by atoms with Gasteiger partial charge in [-0.3, -0.25) is 0 Å². The second-order valence-corrected chi connectivity index (χ2v) is 4.81. The van der Waals surface area contributed by atoms with Crippen molar-refractivity contribution in [3.63, 3.8) is 0 Å². The van der Waals surface area contributed by atoms with E-state index in [9.17, 15) is 0 Å². The van der Waals surface area contributed by atoms with Gasteiger partial charge in [-0.15, -0.1) is 0 Å². The summed E-state index contributed by atoms with van der Waals surface area (Å²) >= 11 is 0. The highest BCUT2D eigenvalue weighted by molar-refractivity contribution is 5.45. The van der Waals surface area contributed by atoms with E-state index in [0.29, 0.717) is 0 Å². The normalized spacial score (nSPS) is 10.2. The highest BCUT2D eigenvalue weighted by Gasteiger charge is 1.95. The van der Waals surface area contributed by atoms with Gasteiger partial charge in [0.05, 0.1) is 6.61 Å². The molecule has 100 valence electrons. The average molecular weight is 255 g/mol. The van der Waals surface area contributed by atoms with E-state index in [1.54, 1.807) is 0 Å². The van der Waals surface area contributed by atoms with Crippen LogP contribution in [0.25, 0.3) is 0 Å². The first kappa shape index (κ1) is 13.5. The van der Waals surface area contributed by atoms with Gasteiger partial charge in [0.25, 0.3) is 0 Å². The maximum Gasteiger partial charge on any atom is 0.119 e. The Morgan fingerprint density at radius 1 is 0.947 bits per heavy atom. The molecule has 0 fully saturated rings. The smallest absolute Gasteiger partial charge is 0.119 e. The van der Waals surface area contributed by atoms with E-state index < -0.39 is 0 Å². The predicted molar refractivity (Wildman–Crippen MR) is 81.0 cm³/mol. The van der Waals surface area contributed by atoms with Crippen molar-refractivity contribution in [3.8, 4) is 5.75 Å². The van der Waals surface area contributed by atoms with Gasteiger partial charge in [-0.1, -0.05) is 24.3 Å². The van der Waals surface area contributed by atoms with Crippen molar-refractivity contribution in [3.05, 3.63) is 59.7 Å². The molecule has 1 N–H and O–H groups in total.